The highest BCUT2D eigenvalue weighted by Crippen LogP contribution is 2.38. The smallest absolute Gasteiger partial charge is 0.355 e. The van der Waals surface area contributed by atoms with Crippen LogP contribution in [0.5, 0.6) is 0 Å². The first kappa shape index (κ1) is 15.0. The van der Waals surface area contributed by atoms with Crippen molar-refractivity contribution in [1.29, 1.82) is 0 Å². The van der Waals surface area contributed by atoms with Gasteiger partial charge in [-0.3, -0.25) is 4.79 Å². The summed E-state index contributed by atoms with van der Waals surface area (Å²) in [5.74, 6) is -1.22. The first-order chi connectivity index (χ1) is 9.51. The predicted molar refractivity (Wildman–Crippen MR) is 77.2 cm³/mol. The number of carboxylic acid groups (broad SMARTS) is 1. The van der Waals surface area contributed by atoms with Crippen molar-refractivity contribution in [1.82, 2.24) is 9.88 Å². The predicted octanol–water partition coefficient (Wildman–Crippen LogP) is 2.88. The van der Waals surface area contributed by atoms with E-state index in [0.717, 1.165) is 50.1 Å². The first-order valence-electron chi connectivity index (χ1n) is 6.99. The number of rotatable bonds is 4. The highest BCUT2D eigenvalue weighted by Gasteiger charge is 2.33. The number of carboxylic acids is 1. The summed E-state index contributed by atoms with van der Waals surface area (Å²) in [5, 5.41) is 10.5. The van der Waals surface area contributed by atoms with E-state index in [0.29, 0.717) is 5.41 Å². The summed E-state index contributed by atoms with van der Waals surface area (Å²) in [6.07, 6.45) is 4.32. The van der Waals surface area contributed by atoms with Crippen molar-refractivity contribution in [3.63, 3.8) is 0 Å². The molecule has 1 aromatic heterocycles. The molecule has 1 amide bonds. The second-order valence-electron chi connectivity index (χ2n) is 5.34. The Labute approximate surface area is 122 Å². The fourth-order valence-electron chi connectivity index (χ4n) is 2.75. The molecule has 110 valence electrons. The number of carbonyl (C=O) groups excluding carboxylic acids is 1. The average molecular weight is 296 g/mol. The van der Waals surface area contributed by atoms with Gasteiger partial charge in [0.05, 0.1) is 0 Å². The number of aromatic carboxylic acids is 1. The lowest BCUT2D eigenvalue weighted by Crippen LogP contribution is -2.42. The van der Waals surface area contributed by atoms with E-state index in [1.165, 1.54) is 5.38 Å². The Balaban J connectivity index is 2.02. The van der Waals surface area contributed by atoms with Crippen LogP contribution in [-0.4, -0.2) is 40.0 Å². The quantitative estimate of drug-likeness (QED) is 0.927. The highest BCUT2D eigenvalue weighted by atomic mass is 32.1. The molecule has 0 radical (unpaired) electrons. The van der Waals surface area contributed by atoms with Gasteiger partial charge in [-0.25, -0.2) is 9.78 Å². The fourth-order valence-corrected chi connectivity index (χ4v) is 3.50. The van der Waals surface area contributed by atoms with Crippen LogP contribution in [0.25, 0.3) is 0 Å². The van der Waals surface area contributed by atoms with Gasteiger partial charge >= 0.3 is 5.97 Å². The Bertz CT molecular complexity index is 498. The van der Waals surface area contributed by atoms with Gasteiger partial charge in [0.15, 0.2) is 10.7 Å². The normalized spacial score (nSPS) is 18.0. The maximum Gasteiger partial charge on any atom is 0.355 e. The van der Waals surface area contributed by atoms with Crippen LogP contribution >= 0.6 is 11.3 Å². The molecule has 1 fully saturated rings. The van der Waals surface area contributed by atoms with E-state index in [4.69, 9.17) is 5.11 Å². The number of aromatic nitrogens is 1. The van der Waals surface area contributed by atoms with Crippen molar-refractivity contribution >= 4 is 23.2 Å². The van der Waals surface area contributed by atoms with E-state index in [9.17, 15) is 9.59 Å². The number of hydrogen-bond acceptors (Lipinski definition) is 4. The molecule has 1 saturated heterocycles. The van der Waals surface area contributed by atoms with Gasteiger partial charge in [0.2, 0.25) is 0 Å². The molecule has 2 rings (SSSR count). The lowest BCUT2D eigenvalue weighted by Gasteiger charge is -2.40. The van der Waals surface area contributed by atoms with Gasteiger partial charge in [0.1, 0.15) is 0 Å². The standard InChI is InChI=1S/C14H20N2O3S/c1-3-14(4-2)5-7-16(8-6-14)12(17)11-15-10(9-20-11)13(18)19/h9H,3-8H2,1-2H3,(H,18,19). The van der Waals surface area contributed by atoms with Crippen molar-refractivity contribution in [2.45, 2.75) is 39.5 Å². The van der Waals surface area contributed by atoms with Crippen LogP contribution in [0.2, 0.25) is 0 Å². The molecule has 1 aliphatic rings. The summed E-state index contributed by atoms with van der Waals surface area (Å²) in [4.78, 5) is 28.8. The Morgan fingerprint density at radius 2 is 1.95 bits per heavy atom. The molecule has 5 nitrogen and oxygen atoms in total. The maximum atomic E-state index is 12.3. The van der Waals surface area contributed by atoms with Gasteiger partial charge < -0.3 is 10.0 Å². The Kier molecular flexibility index (Phi) is 4.42. The second kappa shape index (κ2) is 5.91. The summed E-state index contributed by atoms with van der Waals surface area (Å²) in [6.45, 7) is 5.90. The fraction of sp³-hybridized carbons (Fsp3) is 0.643. The minimum absolute atomic E-state index is 0.0492. The van der Waals surface area contributed by atoms with Gasteiger partial charge in [-0.1, -0.05) is 26.7 Å². The van der Waals surface area contributed by atoms with Gasteiger partial charge in [0.25, 0.3) is 5.91 Å². The molecule has 0 spiro atoms. The van der Waals surface area contributed by atoms with Crippen LogP contribution in [0.4, 0.5) is 0 Å². The van der Waals surface area contributed by atoms with Crippen molar-refractivity contribution < 1.29 is 14.7 Å². The number of amides is 1. The summed E-state index contributed by atoms with van der Waals surface area (Å²) < 4.78 is 0. The van der Waals surface area contributed by atoms with Crippen molar-refractivity contribution in [2.24, 2.45) is 5.41 Å². The van der Waals surface area contributed by atoms with Crippen LogP contribution in [0.1, 0.15) is 59.8 Å². The van der Waals surface area contributed by atoms with E-state index in [1.54, 1.807) is 4.90 Å². The molecule has 6 heteroatoms. The van der Waals surface area contributed by atoms with Crippen LogP contribution in [0.3, 0.4) is 0 Å². The zero-order chi connectivity index (χ0) is 14.8. The molecule has 2 heterocycles. The summed E-state index contributed by atoms with van der Waals surface area (Å²) in [7, 11) is 0. The maximum absolute atomic E-state index is 12.3. The third-order valence-corrected chi connectivity index (χ3v) is 5.35. The molecule has 1 aliphatic heterocycles. The molecular formula is C14H20N2O3S. The second-order valence-corrected chi connectivity index (χ2v) is 6.20. The summed E-state index contributed by atoms with van der Waals surface area (Å²) in [5.41, 5.74) is 0.318. The SMILES string of the molecule is CCC1(CC)CCN(C(=O)c2nc(C(=O)O)cs2)CC1. The van der Waals surface area contributed by atoms with Crippen LogP contribution in [0, 0.1) is 5.41 Å². The topological polar surface area (TPSA) is 70.5 Å². The molecule has 20 heavy (non-hydrogen) atoms. The number of nitrogens with zero attached hydrogens (tertiary/aromatic N) is 2. The largest absolute Gasteiger partial charge is 0.476 e. The lowest BCUT2D eigenvalue weighted by molar-refractivity contribution is 0.0557. The molecule has 0 atom stereocenters. The van der Waals surface area contributed by atoms with Gasteiger partial charge in [0, 0.05) is 18.5 Å². The minimum Gasteiger partial charge on any atom is -0.476 e. The average Bonchev–Trinajstić information content (AvgIpc) is 2.96. The van der Waals surface area contributed by atoms with E-state index in [-0.39, 0.29) is 16.6 Å². The van der Waals surface area contributed by atoms with Crippen molar-refractivity contribution in [3.05, 3.63) is 16.1 Å². The lowest BCUT2D eigenvalue weighted by atomic mass is 9.74. The minimum atomic E-state index is -1.09. The third-order valence-electron chi connectivity index (χ3n) is 4.52. The molecule has 1 aromatic rings. The zero-order valence-electron chi connectivity index (χ0n) is 11.9. The Hall–Kier alpha value is -1.43. The Morgan fingerprint density at radius 3 is 2.40 bits per heavy atom. The number of carbonyl (C=O) groups is 2. The zero-order valence-corrected chi connectivity index (χ0v) is 12.7. The van der Waals surface area contributed by atoms with E-state index in [2.05, 4.69) is 18.8 Å². The third kappa shape index (κ3) is 2.85. The highest BCUT2D eigenvalue weighted by molar-refractivity contribution is 7.11. The number of piperidine rings is 1. The number of likely N-dealkylation sites (tertiary alicyclic amines) is 1. The van der Waals surface area contributed by atoms with Crippen molar-refractivity contribution in [3.8, 4) is 0 Å². The van der Waals surface area contributed by atoms with Crippen LogP contribution in [0.15, 0.2) is 5.38 Å². The molecule has 0 aliphatic carbocycles. The van der Waals surface area contributed by atoms with Gasteiger partial charge in [-0.05, 0) is 18.3 Å². The molecule has 0 aromatic carbocycles. The molecule has 0 bridgehead atoms. The van der Waals surface area contributed by atoms with Crippen LogP contribution in [-0.2, 0) is 0 Å². The Morgan fingerprint density at radius 1 is 1.35 bits per heavy atom. The van der Waals surface area contributed by atoms with Crippen molar-refractivity contribution in [2.75, 3.05) is 13.1 Å². The van der Waals surface area contributed by atoms with Crippen LogP contribution < -0.4 is 0 Å². The molecular weight excluding hydrogens is 276 g/mol. The molecule has 1 N–H and O–H groups in total. The number of thiazole rings is 1. The summed E-state index contributed by atoms with van der Waals surface area (Å²) >= 11 is 1.11. The molecule has 0 saturated carbocycles. The monoisotopic (exact) mass is 296 g/mol. The first-order valence-corrected chi connectivity index (χ1v) is 7.87. The molecule has 0 unspecified atom stereocenters. The summed E-state index contributed by atoms with van der Waals surface area (Å²) in [6, 6.07) is 0. The van der Waals surface area contributed by atoms with E-state index < -0.39 is 5.97 Å². The van der Waals surface area contributed by atoms with E-state index >= 15 is 0 Å². The number of hydrogen-bond donors (Lipinski definition) is 1. The van der Waals surface area contributed by atoms with Gasteiger partial charge in [-0.15, -0.1) is 11.3 Å². The van der Waals surface area contributed by atoms with Gasteiger partial charge in [-0.2, -0.15) is 0 Å². The van der Waals surface area contributed by atoms with E-state index in [1.807, 2.05) is 0 Å².